The monoisotopic (exact) mass is 213 g/mol. The number of thioether (sulfide) groups is 1. The van der Waals surface area contributed by atoms with E-state index in [0.717, 1.165) is 11.3 Å². The van der Waals surface area contributed by atoms with Crippen LogP contribution < -0.4 is 5.73 Å². The number of benzene rings is 1. The summed E-state index contributed by atoms with van der Waals surface area (Å²) in [7, 11) is 0. The van der Waals surface area contributed by atoms with E-state index in [1.165, 1.54) is 4.90 Å². The molecule has 3 heteroatoms. The Hall–Kier alpha value is -0.440. The molecule has 0 aromatic heterocycles. The van der Waals surface area contributed by atoms with E-state index in [0.29, 0.717) is 11.6 Å². The van der Waals surface area contributed by atoms with Crippen molar-refractivity contribution >= 4 is 23.4 Å². The van der Waals surface area contributed by atoms with Crippen molar-refractivity contribution in [3.8, 4) is 0 Å². The van der Waals surface area contributed by atoms with E-state index in [1.54, 1.807) is 11.8 Å². The molecule has 0 saturated heterocycles. The summed E-state index contributed by atoms with van der Waals surface area (Å²) in [5, 5.41) is 0.670. The molecular weight excluding hydrogens is 202 g/mol. The fourth-order valence-electron chi connectivity index (χ4n) is 0.924. The lowest BCUT2D eigenvalue weighted by atomic mass is 10.2. The van der Waals surface area contributed by atoms with E-state index in [4.69, 9.17) is 17.3 Å². The number of rotatable bonds is 4. The van der Waals surface area contributed by atoms with Crippen molar-refractivity contribution in [3.63, 3.8) is 0 Å². The second-order valence-corrected chi connectivity index (χ2v) is 4.24. The molecule has 1 aromatic rings. The third-order valence-electron chi connectivity index (χ3n) is 1.53. The van der Waals surface area contributed by atoms with Gasteiger partial charge in [0.1, 0.15) is 0 Å². The molecule has 2 N–H and O–H groups in total. The van der Waals surface area contributed by atoms with Crippen LogP contribution in [-0.4, -0.2) is 5.75 Å². The van der Waals surface area contributed by atoms with E-state index < -0.39 is 0 Å². The van der Waals surface area contributed by atoms with Gasteiger partial charge in [0.15, 0.2) is 0 Å². The first-order valence-corrected chi connectivity index (χ1v) is 5.34. The van der Waals surface area contributed by atoms with Crippen LogP contribution in [0.25, 0.3) is 0 Å². The minimum absolute atomic E-state index is 0.580. The van der Waals surface area contributed by atoms with Crippen molar-refractivity contribution in [1.82, 2.24) is 0 Å². The highest BCUT2D eigenvalue weighted by molar-refractivity contribution is 7.99. The highest BCUT2D eigenvalue weighted by atomic mass is 35.5. The molecule has 70 valence electrons. The molecule has 0 aliphatic rings. The first-order chi connectivity index (χ1) is 6.22. The molecule has 0 saturated carbocycles. The normalized spacial score (nSPS) is 10.0. The Kier molecular flexibility index (Phi) is 4.36. The number of nitrogens with two attached hydrogens (primary N) is 1. The summed E-state index contributed by atoms with van der Waals surface area (Å²) in [6, 6.07) is 8.13. The van der Waals surface area contributed by atoms with Crippen LogP contribution in [0, 0.1) is 0 Å². The largest absolute Gasteiger partial charge is 0.326 e. The summed E-state index contributed by atoms with van der Waals surface area (Å²) in [5.41, 5.74) is 6.67. The Bertz CT molecular complexity index is 299. The van der Waals surface area contributed by atoms with Crippen molar-refractivity contribution in [2.75, 3.05) is 5.75 Å². The van der Waals surface area contributed by atoms with Gasteiger partial charge in [0, 0.05) is 22.2 Å². The second-order valence-electron chi connectivity index (χ2n) is 2.66. The maximum atomic E-state index is 5.66. The molecule has 0 amide bonds. The van der Waals surface area contributed by atoms with Gasteiger partial charge >= 0.3 is 0 Å². The van der Waals surface area contributed by atoms with Gasteiger partial charge in [-0.2, -0.15) is 0 Å². The summed E-state index contributed by atoms with van der Waals surface area (Å²) >= 11 is 7.33. The molecule has 0 aliphatic carbocycles. The summed E-state index contributed by atoms with van der Waals surface area (Å²) in [6.07, 6.45) is 0. The van der Waals surface area contributed by atoms with Crippen LogP contribution in [0.15, 0.2) is 40.8 Å². The molecule has 0 fully saturated rings. The Labute approximate surface area is 88.0 Å². The van der Waals surface area contributed by atoms with E-state index in [-0.39, 0.29) is 0 Å². The lowest BCUT2D eigenvalue weighted by Gasteiger charge is -2.02. The van der Waals surface area contributed by atoms with Crippen LogP contribution in [0.5, 0.6) is 0 Å². The fourth-order valence-corrected chi connectivity index (χ4v) is 1.82. The number of hydrogen-bond donors (Lipinski definition) is 1. The minimum atomic E-state index is 0.580. The summed E-state index contributed by atoms with van der Waals surface area (Å²) in [5.74, 6) is 0.746. The SMILES string of the molecule is C=C(Cl)CSc1cccc(CN)c1. The zero-order valence-electron chi connectivity index (χ0n) is 7.29. The average Bonchev–Trinajstić information content (AvgIpc) is 2.15. The summed E-state index contributed by atoms with van der Waals surface area (Å²) in [4.78, 5) is 1.18. The van der Waals surface area contributed by atoms with Gasteiger partial charge in [-0.05, 0) is 17.7 Å². The van der Waals surface area contributed by atoms with Crippen LogP contribution in [0.4, 0.5) is 0 Å². The molecule has 0 bridgehead atoms. The van der Waals surface area contributed by atoms with Crippen molar-refractivity contribution < 1.29 is 0 Å². The van der Waals surface area contributed by atoms with Gasteiger partial charge in [-0.1, -0.05) is 30.3 Å². The molecule has 1 aromatic carbocycles. The Morgan fingerprint density at radius 1 is 1.54 bits per heavy atom. The summed E-state index contributed by atoms with van der Waals surface area (Å²) in [6.45, 7) is 4.21. The third-order valence-corrected chi connectivity index (χ3v) is 2.90. The third kappa shape index (κ3) is 3.85. The quantitative estimate of drug-likeness (QED) is 0.779. The average molecular weight is 214 g/mol. The predicted octanol–water partition coefficient (Wildman–Crippen LogP) is 2.99. The molecular formula is C10H12ClNS. The van der Waals surface area contributed by atoms with Gasteiger partial charge in [0.2, 0.25) is 0 Å². The van der Waals surface area contributed by atoms with Crippen LogP contribution in [0.3, 0.4) is 0 Å². The van der Waals surface area contributed by atoms with Crippen LogP contribution in [-0.2, 0) is 6.54 Å². The topological polar surface area (TPSA) is 26.0 Å². The van der Waals surface area contributed by atoms with Crippen molar-refractivity contribution in [3.05, 3.63) is 41.4 Å². The lowest BCUT2D eigenvalue weighted by molar-refractivity contribution is 1.06. The van der Waals surface area contributed by atoms with Crippen LogP contribution in [0.2, 0.25) is 0 Å². The van der Waals surface area contributed by atoms with E-state index in [2.05, 4.69) is 12.6 Å². The lowest BCUT2D eigenvalue weighted by Crippen LogP contribution is -1.95. The zero-order chi connectivity index (χ0) is 9.68. The van der Waals surface area contributed by atoms with Crippen molar-refractivity contribution in [2.24, 2.45) is 5.73 Å². The van der Waals surface area contributed by atoms with Crippen LogP contribution in [0.1, 0.15) is 5.56 Å². The standard InChI is InChI=1S/C10H12ClNS/c1-8(11)7-13-10-4-2-3-9(5-10)6-12/h2-5H,1,6-7,12H2. The van der Waals surface area contributed by atoms with Gasteiger partial charge in [-0.15, -0.1) is 11.8 Å². The number of halogens is 1. The fraction of sp³-hybridized carbons (Fsp3) is 0.200. The highest BCUT2D eigenvalue weighted by Crippen LogP contribution is 2.21. The van der Waals surface area contributed by atoms with Crippen molar-refractivity contribution in [2.45, 2.75) is 11.4 Å². The molecule has 0 aliphatic heterocycles. The van der Waals surface area contributed by atoms with Gasteiger partial charge in [0.05, 0.1) is 0 Å². The van der Waals surface area contributed by atoms with E-state index >= 15 is 0 Å². The van der Waals surface area contributed by atoms with Gasteiger partial charge in [0.25, 0.3) is 0 Å². The first kappa shape index (κ1) is 10.6. The molecule has 1 nitrogen and oxygen atoms in total. The smallest absolute Gasteiger partial charge is 0.0334 e. The van der Waals surface area contributed by atoms with Crippen molar-refractivity contribution in [1.29, 1.82) is 0 Å². The minimum Gasteiger partial charge on any atom is -0.326 e. The molecule has 13 heavy (non-hydrogen) atoms. The Balaban J connectivity index is 2.61. The van der Waals surface area contributed by atoms with Gasteiger partial charge in [-0.3, -0.25) is 0 Å². The maximum Gasteiger partial charge on any atom is 0.0334 e. The van der Waals surface area contributed by atoms with Gasteiger partial charge in [-0.25, -0.2) is 0 Å². The van der Waals surface area contributed by atoms with E-state index in [1.807, 2.05) is 18.2 Å². The van der Waals surface area contributed by atoms with E-state index in [9.17, 15) is 0 Å². The number of hydrogen-bond acceptors (Lipinski definition) is 2. The Morgan fingerprint density at radius 2 is 2.31 bits per heavy atom. The summed E-state index contributed by atoms with van der Waals surface area (Å²) < 4.78 is 0. The van der Waals surface area contributed by atoms with Crippen LogP contribution >= 0.6 is 23.4 Å². The van der Waals surface area contributed by atoms with Gasteiger partial charge < -0.3 is 5.73 Å². The molecule has 0 atom stereocenters. The molecule has 0 spiro atoms. The highest BCUT2D eigenvalue weighted by Gasteiger charge is 1.96. The molecule has 0 heterocycles. The zero-order valence-corrected chi connectivity index (χ0v) is 8.87. The second kappa shape index (κ2) is 5.32. The molecule has 0 unspecified atom stereocenters. The Morgan fingerprint density at radius 3 is 2.92 bits per heavy atom. The maximum absolute atomic E-state index is 5.66. The molecule has 0 radical (unpaired) electrons. The predicted molar refractivity (Wildman–Crippen MR) is 60.1 cm³/mol. The molecule has 1 rings (SSSR count). The first-order valence-electron chi connectivity index (χ1n) is 3.97.